The molecule has 68 valence electrons. The molecule has 13 heavy (non-hydrogen) atoms. The van der Waals surface area contributed by atoms with Crippen LogP contribution >= 0.6 is 0 Å². The van der Waals surface area contributed by atoms with E-state index in [1.807, 2.05) is 6.07 Å². The lowest BCUT2D eigenvalue weighted by atomic mass is 10.00. The lowest BCUT2D eigenvalue weighted by Crippen LogP contribution is -2.12. The molecular formula is C12H14O. The van der Waals surface area contributed by atoms with E-state index in [0.29, 0.717) is 0 Å². The molecule has 0 amide bonds. The highest BCUT2D eigenvalue weighted by Gasteiger charge is 2.10. The first-order valence-corrected chi connectivity index (χ1v) is 4.74. The predicted octanol–water partition coefficient (Wildman–Crippen LogP) is 2.88. The average Bonchev–Trinajstić information content (AvgIpc) is 2.19. The molecule has 1 aromatic rings. The summed E-state index contributed by atoms with van der Waals surface area (Å²) in [5, 5.41) is 0. The van der Waals surface area contributed by atoms with Gasteiger partial charge in [0, 0.05) is 0 Å². The Morgan fingerprint density at radius 2 is 2.00 bits per heavy atom. The number of hydrogen-bond donors (Lipinski definition) is 0. The van der Waals surface area contributed by atoms with E-state index in [1.165, 1.54) is 11.1 Å². The second kappa shape index (κ2) is 3.75. The summed E-state index contributed by atoms with van der Waals surface area (Å²) in [4.78, 5) is 0. The molecule has 0 saturated heterocycles. The molecule has 1 nitrogen and oxygen atoms in total. The third-order valence-corrected chi connectivity index (χ3v) is 2.33. The summed E-state index contributed by atoms with van der Waals surface area (Å²) in [5.74, 6) is 0. The van der Waals surface area contributed by atoms with Crippen LogP contribution in [0.4, 0.5) is 0 Å². The summed E-state index contributed by atoms with van der Waals surface area (Å²) in [6.45, 7) is 2.93. The minimum Gasteiger partial charge on any atom is -0.374 e. The molecule has 1 atom stereocenters. The lowest BCUT2D eigenvalue weighted by Gasteiger charge is -2.18. The molecule has 0 bridgehead atoms. The van der Waals surface area contributed by atoms with E-state index in [0.717, 1.165) is 13.0 Å². The fourth-order valence-corrected chi connectivity index (χ4v) is 1.66. The van der Waals surface area contributed by atoms with E-state index in [2.05, 4.69) is 37.3 Å². The van der Waals surface area contributed by atoms with Crippen molar-refractivity contribution in [1.29, 1.82) is 0 Å². The van der Waals surface area contributed by atoms with Crippen LogP contribution in [0.25, 0.3) is 5.57 Å². The molecular weight excluding hydrogens is 160 g/mol. The fraction of sp³-hybridized carbons (Fsp3) is 0.333. The van der Waals surface area contributed by atoms with E-state index in [-0.39, 0.29) is 6.10 Å². The van der Waals surface area contributed by atoms with Crippen molar-refractivity contribution in [3.8, 4) is 0 Å². The number of hydrogen-bond acceptors (Lipinski definition) is 1. The zero-order chi connectivity index (χ0) is 9.10. The standard InChI is InChI=1S/C12H14O/c1-10-9-12(7-8-13-10)11-5-3-2-4-6-11/h2-6,9-10H,7-8H2,1H3. The quantitative estimate of drug-likeness (QED) is 0.636. The van der Waals surface area contributed by atoms with Crippen molar-refractivity contribution >= 4 is 5.57 Å². The van der Waals surface area contributed by atoms with E-state index in [1.54, 1.807) is 0 Å². The fourth-order valence-electron chi connectivity index (χ4n) is 1.66. The maximum Gasteiger partial charge on any atom is 0.0733 e. The molecule has 1 unspecified atom stereocenters. The highest BCUT2D eigenvalue weighted by Crippen LogP contribution is 2.22. The molecule has 1 aromatic carbocycles. The average molecular weight is 174 g/mol. The van der Waals surface area contributed by atoms with Crippen molar-refractivity contribution in [2.45, 2.75) is 19.4 Å². The van der Waals surface area contributed by atoms with Gasteiger partial charge in [-0.1, -0.05) is 36.4 Å². The van der Waals surface area contributed by atoms with Gasteiger partial charge in [0.2, 0.25) is 0 Å². The molecule has 0 N–H and O–H groups in total. The second-order valence-corrected chi connectivity index (χ2v) is 3.38. The lowest BCUT2D eigenvalue weighted by molar-refractivity contribution is 0.0951. The molecule has 2 rings (SSSR count). The van der Waals surface area contributed by atoms with Gasteiger partial charge < -0.3 is 4.74 Å². The van der Waals surface area contributed by atoms with Gasteiger partial charge in [-0.05, 0) is 24.5 Å². The number of benzene rings is 1. The van der Waals surface area contributed by atoms with Crippen LogP contribution in [0.5, 0.6) is 0 Å². The Hall–Kier alpha value is -1.08. The zero-order valence-corrected chi connectivity index (χ0v) is 7.86. The van der Waals surface area contributed by atoms with Crippen molar-refractivity contribution in [3.63, 3.8) is 0 Å². The molecule has 1 aliphatic rings. The molecule has 0 saturated carbocycles. The predicted molar refractivity (Wildman–Crippen MR) is 54.5 cm³/mol. The van der Waals surface area contributed by atoms with Crippen LogP contribution in [0.3, 0.4) is 0 Å². The van der Waals surface area contributed by atoms with Crippen LogP contribution in [0.2, 0.25) is 0 Å². The van der Waals surface area contributed by atoms with Gasteiger partial charge >= 0.3 is 0 Å². The summed E-state index contributed by atoms with van der Waals surface area (Å²) in [6.07, 6.45) is 3.51. The number of rotatable bonds is 1. The molecule has 0 aromatic heterocycles. The molecule has 0 radical (unpaired) electrons. The van der Waals surface area contributed by atoms with E-state index >= 15 is 0 Å². The Labute approximate surface area is 79.0 Å². The van der Waals surface area contributed by atoms with Crippen LogP contribution < -0.4 is 0 Å². The highest BCUT2D eigenvalue weighted by atomic mass is 16.5. The van der Waals surface area contributed by atoms with Crippen molar-refractivity contribution in [3.05, 3.63) is 42.0 Å². The summed E-state index contributed by atoms with van der Waals surface area (Å²) < 4.78 is 5.45. The van der Waals surface area contributed by atoms with Crippen LogP contribution in [-0.4, -0.2) is 12.7 Å². The SMILES string of the molecule is CC1C=C(c2ccccc2)CCO1. The minimum absolute atomic E-state index is 0.268. The topological polar surface area (TPSA) is 9.23 Å². The Bertz CT molecular complexity index is 300. The normalized spacial score (nSPS) is 22.5. The van der Waals surface area contributed by atoms with Crippen LogP contribution in [0, 0.1) is 0 Å². The first-order valence-electron chi connectivity index (χ1n) is 4.74. The second-order valence-electron chi connectivity index (χ2n) is 3.38. The smallest absolute Gasteiger partial charge is 0.0733 e. The van der Waals surface area contributed by atoms with Crippen LogP contribution in [0.15, 0.2) is 36.4 Å². The van der Waals surface area contributed by atoms with Crippen molar-refractivity contribution in [2.75, 3.05) is 6.61 Å². The third-order valence-electron chi connectivity index (χ3n) is 2.33. The van der Waals surface area contributed by atoms with Gasteiger partial charge in [0.25, 0.3) is 0 Å². The summed E-state index contributed by atoms with van der Waals surface area (Å²) in [5.41, 5.74) is 2.75. The van der Waals surface area contributed by atoms with Gasteiger partial charge in [0.05, 0.1) is 12.7 Å². The molecule has 1 heterocycles. The van der Waals surface area contributed by atoms with Gasteiger partial charge in [0.1, 0.15) is 0 Å². The zero-order valence-electron chi connectivity index (χ0n) is 7.86. The monoisotopic (exact) mass is 174 g/mol. The summed E-state index contributed by atoms with van der Waals surface area (Å²) in [6, 6.07) is 10.5. The number of ether oxygens (including phenoxy) is 1. The Kier molecular flexibility index (Phi) is 2.46. The highest BCUT2D eigenvalue weighted by molar-refractivity contribution is 5.66. The summed E-state index contributed by atoms with van der Waals surface area (Å²) >= 11 is 0. The van der Waals surface area contributed by atoms with E-state index in [4.69, 9.17) is 4.74 Å². The van der Waals surface area contributed by atoms with Crippen LogP contribution in [0.1, 0.15) is 18.9 Å². The maximum absolute atomic E-state index is 5.45. The Balaban J connectivity index is 2.26. The molecule has 0 fully saturated rings. The van der Waals surface area contributed by atoms with Gasteiger partial charge in [-0.15, -0.1) is 0 Å². The van der Waals surface area contributed by atoms with Crippen LogP contribution in [-0.2, 0) is 4.74 Å². The molecule has 1 heteroatoms. The summed E-state index contributed by atoms with van der Waals surface area (Å²) in [7, 11) is 0. The molecule has 0 spiro atoms. The Morgan fingerprint density at radius 1 is 1.23 bits per heavy atom. The molecule has 0 aliphatic carbocycles. The van der Waals surface area contributed by atoms with Gasteiger partial charge in [-0.3, -0.25) is 0 Å². The van der Waals surface area contributed by atoms with E-state index < -0.39 is 0 Å². The van der Waals surface area contributed by atoms with Gasteiger partial charge in [0.15, 0.2) is 0 Å². The van der Waals surface area contributed by atoms with Crippen molar-refractivity contribution in [2.24, 2.45) is 0 Å². The first kappa shape index (κ1) is 8.52. The van der Waals surface area contributed by atoms with Crippen molar-refractivity contribution in [1.82, 2.24) is 0 Å². The third kappa shape index (κ3) is 1.99. The largest absolute Gasteiger partial charge is 0.374 e. The van der Waals surface area contributed by atoms with Gasteiger partial charge in [-0.2, -0.15) is 0 Å². The maximum atomic E-state index is 5.45. The first-order chi connectivity index (χ1) is 6.36. The Morgan fingerprint density at radius 3 is 2.69 bits per heavy atom. The van der Waals surface area contributed by atoms with Gasteiger partial charge in [-0.25, -0.2) is 0 Å². The van der Waals surface area contributed by atoms with E-state index in [9.17, 15) is 0 Å². The molecule has 1 aliphatic heterocycles. The minimum atomic E-state index is 0.268. The van der Waals surface area contributed by atoms with Crippen molar-refractivity contribution < 1.29 is 4.74 Å².